The second kappa shape index (κ2) is 13.7. The van der Waals surface area contributed by atoms with Gasteiger partial charge in [-0.3, -0.25) is 0 Å². The number of aliphatic hydroxyl groups is 4. The van der Waals surface area contributed by atoms with Gasteiger partial charge >= 0.3 is 0 Å². The van der Waals surface area contributed by atoms with E-state index in [-0.39, 0.29) is 6.61 Å². The highest BCUT2D eigenvalue weighted by Crippen LogP contribution is 2.41. The summed E-state index contributed by atoms with van der Waals surface area (Å²) in [6.07, 6.45) is 15.0. The van der Waals surface area contributed by atoms with Crippen molar-refractivity contribution in [2.24, 2.45) is 29.6 Å². The first-order chi connectivity index (χ1) is 15.7. The van der Waals surface area contributed by atoms with Crippen LogP contribution >= 0.6 is 0 Å². The predicted molar refractivity (Wildman–Crippen MR) is 129 cm³/mol. The third-order valence-electron chi connectivity index (χ3n) is 8.57. The predicted octanol–water partition coefficient (Wildman–Crippen LogP) is 5.03. The third-order valence-corrected chi connectivity index (χ3v) is 8.57. The Labute approximate surface area is 195 Å². The first-order valence-corrected chi connectivity index (χ1v) is 13.2. The van der Waals surface area contributed by atoms with E-state index in [1.165, 1.54) is 76.2 Å². The van der Waals surface area contributed by atoms with Gasteiger partial charge in [0.2, 0.25) is 0 Å². The van der Waals surface area contributed by atoms with Gasteiger partial charge < -0.3 is 20.4 Å². The second-order valence-corrected chi connectivity index (χ2v) is 10.8. The Morgan fingerprint density at radius 2 is 1.16 bits per heavy atom. The number of rotatable bonds is 6. The van der Waals surface area contributed by atoms with Gasteiger partial charge in [-0.15, -0.1) is 0 Å². The Kier molecular flexibility index (Phi) is 11.0. The average Bonchev–Trinajstić information content (AvgIpc) is 2.89. The molecule has 4 heteroatoms. The summed E-state index contributed by atoms with van der Waals surface area (Å²) < 4.78 is 0. The van der Waals surface area contributed by atoms with Crippen molar-refractivity contribution in [2.75, 3.05) is 19.8 Å². The largest absolute Gasteiger partial charge is 0.396 e. The van der Waals surface area contributed by atoms with E-state index in [4.69, 9.17) is 10.2 Å². The standard InChI is InChI=1S/C14H26O2.C14H20O2/c2*15-9-11-4-6-13(7-5-11)14-3-1-2-12(8-14)10-16/h11-16H,1-10H2;4-7,12,14-16H,1-3,8-10H2. The highest BCUT2D eigenvalue weighted by atomic mass is 16.3. The van der Waals surface area contributed by atoms with E-state index < -0.39 is 0 Å². The minimum absolute atomic E-state index is 0.115. The van der Waals surface area contributed by atoms with Gasteiger partial charge in [0.1, 0.15) is 0 Å². The minimum atomic E-state index is 0.115. The highest BCUT2D eigenvalue weighted by Gasteiger charge is 2.31. The third kappa shape index (κ3) is 7.55. The summed E-state index contributed by atoms with van der Waals surface area (Å²) in [4.78, 5) is 0. The Morgan fingerprint density at radius 1 is 0.562 bits per heavy atom. The summed E-state index contributed by atoms with van der Waals surface area (Å²) in [7, 11) is 0. The SMILES string of the molecule is OCC1CCC(C2CCCC(CO)C2)CC1.OCc1ccc(C2CCCC(CO)C2)cc1. The summed E-state index contributed by atoms with van der Waals surface area (Å²) >= 11 is 0. The molecule has 4 rings (SSSR count). The molecule has 182 valence electrons. The second-order valence-electron chi connectivity index (χ2n) is 10.8. The molecule has 1 aromatic rings. The molecule has 0 saturated heterocycles. The smallest absolute Gasteiger partial charge is 0.0681 e. The van der Waals surface area contributed by atoms with Gasteiger partial charge in [0.15, 0.2) is 0 Å². The van der Waals surface area contributed by atoms with Gasteiger partial charge in [0, 0.05) is 19.8 Å². The Hall–Kier alpha value is -0.940. The molecular formula is C28H46O4. The molecule has 0 spiro atoms. The molecule has 3 aliphatic carbocycles. The van der Waals surface area contributed by atoms with Crippen LogP contribution in [0, 0.1) is 29.6 Å². The first kappa shape index (κ1) is 25.7. The number of hydrogen-bond acceptors (Lipinski definition) is 4. The molecule has 3 aliphatic rings. The van der Waals surface area contributed by atoms with Crippen LogP contribution in [0.2, 0.25) is 0 Å². The van der Waals surface area contributed by atoms with E-state index in [1.807, 2.05) is 12.1 Å². The van der Waals surface area contributed by atoms with Crippen LogP contribution in [0.4, 0.5) is 0 Å². The fraction of sp³-hybridized carbons (Fsp3) is 0.786. The zero-order chi connectivity index (χ0) is 22.8. The van der Waals surface area contributed by atoms with Gasteiger partial charge in [-0.1, -0.05) is 43.5 Å². The van der Waals surface area contributed by atoms with E-state index in [9.17, 15) is 10.2 Å². The van der Waals surface area contributed by atoms with Crippen molar-refractivity contribution in [3.63, 3.8) is 0 Å². The van der Waals surface area contributed by atoms with Gasteiger partial charge in [-0.05, 0) is 104 Å². The summed E-state index contributed by atoms with van der Waals surface area (Å²) in [6.45, 7) is 1.22. The van der Waals surface area contributed by atoms with E-state index in [2.05, 4.69) is 12.1 Å². The molecule has 32 heavy (non-hydrogen) atoms. The lowest BCUT2D eigenvalue weighted by atomic mass is 9.69. The van der Waals surface area contributed by atoms with Gasteiger partial charge in [-0.25, -0.2) is 0 Å². The minimum Gasteiger partial charge on any atom is -0.396 e. The van der Waals surface area contributed by atoms with E-state index in [0.29, 0.717) is 43.5 Å². The molecule has 4 N–H and O–H groups in total. The van der Waals surface area contributed by atoms with Gasteiger partial charge in [-0.2, -0.15) is 0 Å². The molecule has 1 aromatic carbocycles. The van der Waals surface area contributed by atoms with E-state index in [0.717, 1.165) is 23.8 Å². The van der Waals surface area contributed by atoms with E-state index >= 15 is 0 Å². The molecular weight excluding hydrogens is 400 g/mol. The molecule has 3 fully saturated rings. The van der Waals surface area contributed by atoms with Crippen LogP contribution in [0.25, 0.3) is 0 Å². The molecule has 0 bridgehead atoms. The quantitative estimate of drug-likeness (QED) is 0.494. The van der Waals surface area contributed by atoms with Crippen molar-refractivity contribution < 1.29 is 20.4 Å². The van der Waals surface area contributed by atoms with Crippen molar-refractivity contribution in [2.45, 2.75) is 89.6 Å². The summed E-state index contributed by atoms with van der Waals surface area (Å²) in [5.74, 6) is 3.99. The van der Waals surface area contributed by atoms with Gasteiger partial charge in [0.05, 0.1) is 6.61 Å². The van der Waals surface area contributed by atoms with Crippen LogP contribution in [0.3, 0.4) is 0 Å². The molecule has 0 radical (unpaired) electrons. The van der Waals surface area contributed by atoms with E-state index in [1.54, 1.807) is 0 Å². The van der Waals surface area contributed by atoms with Crippen molar-refractivity contribution in [3.8, 4) is 0 Å². The van der Waals surface area contributed by atoms with Gasteiger partial charge in [0.25, 0.3) is 0 Å². The molecule has 4 unspecified atom stereocenters. The Balaban J connectivity index is 0.000000181. The topological polar surface area (TPSA) is 80.9 Å². The summed E-state index contributed by atoms with van der Waals surface area (Å²) in [6, 6.07) is 8.24. The van der Waals surface area contributed by atoms with Crippen LogP contribution in [0.5, 0.6) is 0 Å². The average molecular weight is 447 g/mol. The lowest BCUT2D eigenvalue weighted by molar-refractivity contribution is 0.0933. The summed E-state index contributed by atoms with van der Waals surface area (Å²) in [5.41, 5.74) is 2.33. The lowest BCUT2D eigenvalue weighted by Crippen LogP contribution is -2.28. The maximum atomic E-state index is 9.25. The molecule has 3 saturated carbocycles. The highest BCUT2D eigenvalue weighted by molar-refractivity contribution is 5.25. The number of benzene rings is 1. The molecule has 4 nitrogen and oxygen atoms in total. The molecule has 0 aromatic heterocycles. The molecule has 0 amide bonds. The zero-order valence-electron chi connectivity index (χ0n) is 19.9. The fourth-order valence-electron chi connectivity index (χ4n) is 6.42. The normalized spacial score (nSPS) is 33.2. The van der Waals surface area contributed by atoms with Crippen molar-refractivity contribution in [3.05, 3.63) is 35.4 Å². The van der Waals surface area contributed by atoms with Crippen LogP contribution in [-0.4, -0.2) is 40.2 Å². The zero-order valence-corrected chi connectivity index (χ0v) is 19.9. The first-order valence-electron chi connectivity index (χ1n) is 13.2. The van der Waals surface area contributed by atoms with Crippen LogP contribution in [-0.2, 0) is 6.61 Å². The van der Waals surface area contributed by atoms with Crippen LogP contribution in [0.15, 0.2) is 24.3 Å². The Morgan fingerprint density at radius 3 is 1.75 bits per heavy atom. The van der Waals surface area contributed by atoms with Crippen molar-refractivity contribution in [1.82, 2.24) is 0 Å². The number of hydrogen-bond donors (Lipinski definition) is 4. The molecule has 4 atom stereocenters. The lowest BCUT2D eigenvalue weighted by Gasteiger charge is -2.37. The molecule has 0 aliphatic heterocycles. The Bertz CT molecular complexity index is 623. The number of aliphatic hydroxyl groups excluding tert-OH is 4. The molecule has 0 heterocycles. The fourth-order valence-corrected chi connectivity index (χ4v) is 6.42. The van der Waals surface area contributed by atoms with Crippen LogP contribution < -0.4 is 0 Å². The maximum Gasteiger partial charge on any atom is 0.0681 e. The summed E-state index contributed by atoms with van der Waals surface area (Å²) in [5, 5.41) is 36.6. The van der Waals surface area contributed by atoms with Crippen molar-refractivity contribution in [1.29, 1.82) is 0 Å². The maximum absolute atomic E-state index is 9.25. The van der Waals surface area contributed by atoms with Crippen LogP contribution in [0.1, 0.15) is 94.1 Å². The van der Waals surface area contributed by atoms with Crippen molar-refractivity contribution >= 4 is 0 Å². The monoisotopic (exact) mass is 446 g/mol.